The van der Waals surface area contributed by atoms with E-state index in [9.17, 15) is 19.7 Å². The Morgan fingerprint density at radius 3 is 2.92 bits per heavy atom. The summed E-state index contributed by atoms with van der Waals surface area (Å²) in [4.78, 5) is 35.4. The number of carbonyl (C=O) groups is 2. The molecule has 1 aromatic carbocycles. The zero-order valence-electron chi connectivity index (χ0n) is 13.9. The van der Waals surface area contributed by atoms with Crippen LogP contribution in [0, 0.1) is 16.0 Å². The summed E-state index contributed by atoms with van der Waals surface area (Å²) in [5.41, 5.74) is 5.64. The number of piperidine rings is 1. The third kappa shape index (κ3) is 6.03. The summed E-state index contributed by atoms with van der Waals surface area (Å²) < 4.78 is 0. The molecule has 0 aliphatic carbocycles. The predicted octanol–water partition coefficient (Wildman–Crippen LogP) is 1.30. The monoisotopic (exact) mass is 349 g/mol. The minimum atomic E-state index is -0.513. The number of anilines is 1. The van der Waals surface area contributed by atoms with Gasteiger partial charge in [-0.05, 0) is 38.4 Å². The van der Waals surface area contributed by atoms with Crippen molar-refractivity contribution in [3.05, 3.63) is 34.4 Å². The van der Waals surface area contributed by atoms with E-state index in [0.29, 0.717) is 18.8 Å². The van der Waals surface area contributed by atoms with Crippen molar-refractivity contribution in [3.63, 3.8) is 0 Å². The molecule has 0 spiro atoms. The molecule has 0 unspecified atom stereocenters. The van der Waals surface area contributed by atoms with Gasteiger partial charge >= 0.3 is 6.03 Å². The van der Waals surface area contributed by atoms with Gasteiger partial charge in [-0.1, -0.05) is 6.07 Å². The Labute approximate surface area is 145 Å². The first-order valence-electron chi connectivity index (χ1n) is 8.26. The van der Waals surface area contributed by atoms with Crippen LogP contribution in [0.25, 0.3) is 0 Å². The molecule has 0 aromatic heterocycles. The molecule has 2 rings (SSSR count). The maximum atomic E-state index is 11.8. The van der Waals surface area contributed by atoms with Crippen molar-refractivity contribution in [1.82, 2.24) is 10.2 Å². The fourth-order valence-electron chi connectivity index (χ4n) is 2.87. The van der Waals surface area contributed by atoms with Crippen LogP contribution in [0.15, 0.2) is 24.3 Å². The lowest BCUT2D eigenvalue weighted by Gasteiger charge is -2.31. The summed E-state index contributed by atoms with van der Waals surface area (Å²) in [6.45, 7) is 2.86. The van der Waals surface area contributed by atoms with Gasteiger partial charge < -0.3 is 21.3 Å². The highest BCUT2D eigenvalue weighted by Gasteiger charge is 2.23. The van der Waals surface area contributed by atoms with Gasteiger partial charge in [-0.2, -0.15) is 0 Å². The number of benzene rings is 1. The Hall–Kier alpha value is -2.68. The molecule has 1 saturated heterocycles. The van der Waals surface area contributed by atoms with Crippen LogP contribution in [-0.2, 0) is 4.79 Å². The van der Waals surface area contributed by atoms with E-state index in [-0.39, 0.29) is 17.5 Å². The summed E-state index contributed by atoms with van der Waals surface area (Å²) in [5.74, 6) is -0.335. The number of non-ortho nitro benzene ring substituents is 1. The first-order valence-corrected chi connectivity index (χ1v) is 8.26. The maximum Gasteiger partial charge on any atom is 0.319 e. The SMILES string of the molecule is NC(=O)[C@H]1CCCN(CCCNC(=O)Nc2cccc([N+](=O)[O-])c2)C1. The van der Waals surface area contributed by atoms with Crippen molar-refractivity contribution in [2.24, 2.45) is 11.7 Å². The highest BCUT2D eigenvalue weighted by Crippen LogP contribution is 2.17. The third-order valence-corrected chi connectivity index (χ3v) is 4.16. The second kappa shape index (κ2) is 8.97. The van der Waals surface area contributed by atoms with E-state index in [2.05, 4.69) is 15.5 Å². The smallest absolute Gasteiger partial charge is 0.319 e. The number of rotatable bonds is 7. The normalized spacial score (nSPS) is 17.7. The molecule has 9 heteroatoms. The number of nitro groups is 1. The van der Waals surface area contributed by atoms with Gasteiger partial charge in [0.2, 0.25) is 5.91 Å². The fourth-order valence-corrected chi connectivity index (χ4v) is 2.87. The molecule has 1 aromatic rings. The number of nitro benzene ring substituents is 1. The molecular weight excluding hydrogens is 326 g/mol. The topological polar surface area (TPSA) is 131 Å². The number of carbonyl (C=O) groups excluding carboxylic acids is 2. The molecule has 1 aliphatic rings. The molecule has 9 nitrogen and oxygen atoms in total. The molecule has 1 atom stereocenters. The number of nitrogens with zero attached hydrogens (tertiary/aromatic N) is 2. The van der Waals surface area contributed by atoms with Crippen molar-refractivity contribution >= 4 is 23.3 Å². The highest BCUT2D eigenvalue weighted by atomic mass is 16.6. The Bertz CT molecular complexity index is 637. The van der Waals surface area contributed by atoms with E-state index < -0.39 is 11.0 Å². The van der Waals surface area contributed by atoms with E-state index in [1.54, 1.807) is 6.07 Å². The molecule has 1 aliphatic heterocycles. The molecule has 0 saturated carbocycles. The Kier molecular flexibility index (Phi) is 6.70. The third-order valence-electron chi connectivity index (χ3n) is 4.16. The minimum Gasteiger partial charge on any atom is -0.369 e. The van der Waals surface area contributed by atoms with Gasteiger partial charge in [-0.3, -0.25) is 14.9 Å². The van der Waals surface area contributed by atoms with Gasteiger partial charge in [-0.25, -0.2) is 4.79 Å². The Morgan fingerprint density at radius 1 is 1.40 bits per heavy atom. The number of nitrogens with one attached hydrogen (secondary N) is 2. The Balaban J connectivity index is 1.68. The summed E-state index contributed by atoms with van der Waals surface area (Å²) in [5, 5.41) is 16.0. The van der Waals surface area contributed by atoms with Crippen LogP contribution >= 0.6 is 0 Å². The number of likely N-dealkylation sites (tertiary alicyclic amines) is 1. The number of nitrogens with two attached hydrogens (primary N) is 1. The summed E-state index contributed by atoms with van der Waals surface area (Å²) in [6.07, 6.45) is 2.54. The van der Waals surface area contributed by atoms with Crippen molar-refractivity contribution in [2.45, 2.75) is 19.3 Å². The molecule has 25 heavy (non-hydrogen) atoms. The summed E-state index contributed by atoms with van der Waals surface area (Å²) in [7, 11) is 0. The highest BCUT2D eigenvalue weighted by molar-refractivity contribution is 5.89. The zero-order chi connectivity index (χ0) is 18.2. The second-order valence-corrected chi connectivity index (χ2v) is 6.08. The average molecular weight is 349 g/mol. The lowest BCUT2D eigenvalue weighted by molar-refractivity contribution is -0.384. The van der Waals surface area contributed by atoms with Crippen LogP contribution in [0.1, 0.15) is 19.3 Å². The van der Waals surface area contributed by atoms with Crippen LogP contribution in [0.5, 0.6) is 0 Å². The van der Waals surface area contributed by atoms with E-state index in [1.807, 2.05) is 0 Å². The van der Waals surface area contributed by atoms with E-state index >= 15 is 0 Å². The maximum absolute atomic E-state index is 11.8. The van der Waals surface area contributed by atoms with Gasteiger partial charge in [0, 0.05) is 30.9 Å². The van der Waals surface area contributed by atoms with Crippen molar-refractivity contribution < 1.29 is 14.5 Å². The molecule has 1 fully saturated rings. The second-order valence-electron chi connectivity index (χ2n) is 6.08. The molecule has 136 valence electrons. The van der Waals surface area contributed by atoms with Crippen molar-refractivity contribution in [2.75, 3.05) is 31.5 Å². The Morgan fingerprint density at radius 2 is 2.20 bits per heavy atom. The standard InChI is InChI=1S/C16H23N5O4/c17-15(22)12-4-2-8-20(11-12)9-3-7-18-16(23)19-13-5-1-6-14(10-13)21(24)25/h1,5-6,10,12H,2-4,7-9,11H2,(H2,17,22)(H2,18,19,23)/t12-/m0/s1. The molecule has 4 N–H and O–H groups in total. The van der Waals surface area contributed by atoms with E-state index in [0.717, 1.165) is 32.4 Å². The van der Waals surface area contributed by atoms with Gasteiger partial charge in [0.25, 0.3) is 5.69 Å². The van der Waals surface area contributed by atoms with Gasteiger partial charge in [0.15, 0.2) is 0 Å². The fraction of sp³-hybridized carbons (Fsp3) is 0.500. The molecule has 0 bridgehead atoms. The van der Waals surface area contributed by atoms with Crippen LogP contribution in [0.3, 0.4) is 0 Å². The molecule has 1 heterocycles. The van der Waals surface area contributed by atoms with Crippen LogP contribution < -0.4 is 16.4 Å². The van der Waals surface area contributed by atoms with E-state index in [1.165, 1.54) is 18.2 Å². The predicted molar refractivity (Wildman–Crippen MR) is 93.1 cm³/mol. The molecular formula is C16H23N5O4. The zero-order valence-corrected chi connectivity index (χ0v) is 13.9. The lowest BCUT2D eigenvalue weighted by atomic mass is 9.97. The summed E-state index contributed by atoms with van der Waals surface area (Å²) >= 11 is 0. The van der Waals surface area contributed by atoms with Crippen LogP contribution in [-0.4, -0.2) is 47.9 Å². The molecule has 0 radical (unpaired) electrons. The minimum absolute atomic E-state index is 0.0769. The number of amides is 3. The van der Waals surface area contributed by atoms with Gasteiger partial charge in [0.05, 0.1) is 10.8 Å². The number of hydrogen-bond donors (Lipinski definition) is 3. The van der Waals surface area contributed by atoms with Crippen LogP contribution in [0.4, 0.5) is 16.2 Å². The van der Waals surface area contributed by atoms with Crippen molar-refractivity contribution in [3.8, 4) is 0 Å². The summed E-state index contributed by atoms with van der Waals surface area (Å²) in [6, 6.07) is 5.36. The number of urea groups is 1. The van der Waals surface area contributed by atoms with Gasteiger partial charge in [0.1, 0.15) is 0 Å². The van der Waals surface area contributed by atoms with Crippen LogP contribution in [0.2, 0.25) is 0 Å². The first-order chi connectivity index (χ1) is 12.0. The lowest BCUT2D eigenvalue weighted by Crippen LogP contribution is -2.42. The quantitative estimate of drug-likeness (QED) is 0.388. The first kappa shape index (κ1) is 18.7. The largest absolute Gasteiger partial charge is 0.369 e. The number of hydrogen-bond acceptors (Lipinski definition) is 5. The average Bonchev–Trinajstić information content (AvgIpc) is 2.59. The number of primary amides is 1. The van der Waals surface area contributed by atoms with Gasteiger partial charge in [-0.15, -0.1) is 0 Å². The molecule has 3 amide bonds. The van der Waals surface area contributed by atoms with E-state index in [4.69, 9.17) is 5.73 Å². The van der Waals surface area contributed by atoms with Crippen molar-refractivity contribution in [1.29, 1.82) is 0 Å².